The molecule has 0 saturated carbocycles. The average Bonchev–Trinajstić information content (AvgIpc) is 2.95. The molecule has 0 spiro atoms. The van der Waals surface area contributed by atoms with Gasteiger partial charge in [-0.15, -0.1) is 0 Å². The van der Waals surface area contributed by atoms with Crippen LogP contribution < -0.4 is 10.2 Å². The third-order valence-electron chi connectivity index (χ3n) is 6.03. The summed E-state index contributed by atoms with van der Waals surface area (Å²) in [4.78, 5) is 35.9. The van der Waals surface area contributed by atoms with E-state index in [0.29, 0.717) is 30.2 Å². The highest BCUT2D eigenvalue weighted by molar-refractivity contribution is 5.88. The van der Waals surface area contributed by atoms with Crippen LogP contribution in [-0.2, 0) is 27.2 Å². The standard InChI is InChI=1S/C32H34N4O4/c1-32(2,3)40-31(38)36(21-24-13-9-6-10-14-24)26-17-15-25(16-18-26)27-20-29(34-22-33-27)35-28(30(37)39-4)19-23-11-7-5-8-12-23/h5-18,20,22,28H,19,21H2,1-4H3,(H,33,34,35). The summed E-state index contributed by atoms with van der Waals surface area (Å²) in [6.07, 6.45) is 1.47. The molecule has 1 aromatic heterocycles. The summed E-state index contributed by atoms with van der Waals surface area (Å²) in [5.41, 5.74) is 3.55. The van der Waals surface area contributed by atoms with Crippen molar-refractivity contribution in [2.45, 2.75) is 45.4 Å². The van der Waals surface area contributed by atoms with Gasteiger partial charge in [0.2, 0.25) is 0 Å². The Balaban J connectivity index is 1.55. The summed E-state index contributed by atoms with van der Waals surface area (Å²) in [5, 5.41) is 3.19. The van der Waals surface area contributed by atoms with Crippen molar-refractivity contribution in [3.05, 3.63) is 108 Å². The fourth-order valence-electron chi connectivity index (χ4n) is 4.11. The molecule has 1 amide bonds. The highest BCUT2D eigenvalue weighted by Gasteiger charge is 2.24. The van der Waals surface area contributed by atoms with E-state index < -0.39 is 17.7 Å². The maximum atomic E-state index is 13.1. The molecule has 40 heavy (non-hydrogen) atoms. The lowest BCUT2D eigenvalue weighted by Crippen LogP contribution is -2.36. The summed E-state index contributed by atoms with van der Waals surface area (Å²) in [6.45, 7) is 5.91. The smallest absolute Gasteiger partial charge is 0.415 e. The normalized spacial score (nSPS) is 11.8. The Morgan fingerprint density at radius 2 is 1.50 bits per heavy atom. The molecular formula is C32H34N4O4. The number of amides is 1. The van der Waals surface area contributed by atoms with Gasteiger partial charge in [0.15, 0.2) is 0 Å². The number of hydrogen-bond acceptors (Lipinski definition) is 7. The van der Waals surface area contributed by atoms with Gasteiger partial charge in [0.1, 0.15) is 23.8 Å². The summed E-state index contributed by atoms with van der Waals surface area (Å²) >= 11 is 0. The number of methoxy groups -OCH3 is 1. The van der Waals surface area contributed by atoms with E-state index in [-0.39, 0.29) is 5.97 Å². The largest absolute Gasteiger partial charge is 0.467 e. The molecule has 4 rings (SSSR count). The van der Waals surface area contributed by atoms with Crippen molar-refractivity contribution in [3.8, 4) is 11.3 Å². The number of nitrogens with zero attached hydrogens (tertiary/aromatic N) is 3. The number of aromatic nitrogens is 2. The number of carbonyl (C=O) groups is 2. The fourth-order valence-corrected chi connectivity index (χ4v) is 4.11. The summed E-state index contributed by atoms with van der Waals surface area (Å²) in [6, 6.07) is 28.2. The molecule has 1 N–H and O–H groups in total. The Hall–Kier alpha value is -4.72. The van der Waals surface area contributed by atoms with Crippen LogP contribution in [-0.4, -0.2) is 40.8 Å². The first-order valence-corrected chi connectivity index (χ1v) is 13.1. The van der Waals surface area contributed by atoms with Gasteiger partial charge in [-0.2, -0.15) is 0 Å². The van der Waals surface area contributed by atoms with Gasteiger partial charge in [-0.25, -0.2) is 19.6 Å². The zero-order chi connectivity index (χ0) is 28.5. The molecule has 0 fully saturated rings. The first-order valence-electron chi connectivity index (χ1n) is 13.1. The second kappa shape index (κ2) is 12.9. The van der Waals surface area contributed by atoms with Crippen LogP contribution in [0.5, 0.6) is 0 Å². The number of benzene rings is 3. The predicted molar refractivity (Wildman–Crippen MR) is 156 cm³/mol. The van der Waals surface area contributed by atoms with Crippen LogP contribution >= 0.6 is 0 Å². The van der Waals surface area contributed by atoms with Crippen LogP contribution in [0.2, 0.25) is 0 Å². The predicted octanol–water partition coefficient (Wildman–Crippen LogP) is 6.28. The van der Waals surface area contributed by atoms with Crippen LogP contribution in [0.15, 0.2) is 97.3 Å². The molecule has 3 aromatic carbocycles. The third kappa shape index (κ3) is 7.89. The summed E-state index contributed by atoms with van der Waals surface area (Å²) in [7, 11) is 1.37. The van der Waals surface area contributed by atoms with Crippen molar-refractivity contribution in [1.82, 2.24) is 9.97 Å². The van der Waals surface area contributed by atoms with E-state index in [2.05, 4.69) is 15.3 Å². The minimum atomic E-state index is -0.626. The third-order valence-corrected chi connectivity index (χ3v) is 6.03. The van der Waals surface area contributed by atoms with Gasteiger partial charge in [0.25, 0.3) is 0 Å². The number of esters is 1. The van der Waals surface area contributed by atoms with Crippen LogP contribution in [0.25, 0.3) is 11.3 Å². The number of anilines is 2. The van der Waals surface area contributed by atoms with Gasteiger partial charge >= 0.3 is 12.1 Å². The lowest BCUT2D eigenvalue weighted by atomic mass is 10.1. The average molecular weight is 539 g/mol. The van der Waals surface area contributed by atoms with Crippen LogP contribution in [0.1, 0.15) is 31.9 Å². The minimum Gasteiger partial charge on any atom is -0.467 e. The first kappa shape index (κ1) is 28.3. The molecular weight excluding hydrogens is 504 g/mol. The van der Waals surface area contributed by atoms with E-state index in [1.807, 2.05) is 106 Å². The quantitative estimate of drug-likeness (QED) is 0.251. The molecule has 0 aliphatic rings. The van der Waals surface area contributed by atoms with Crippen LogP contribution in [0.4, 0.5) is 16.3 Å². The van der Waals surface area contributed by atoms with E-state index in [9.17, 15) is 9.59 Å². The highest BCUT2D eigenvalue weighted by atomic mass is 16.6. The number of hydrogen-bond donors (Lipinski definition) is 1. The Kier molecular flexibility index (Phi) is 9.11. The molecule has 0 aliphatic carbocycles. The van der Waals surface area contributed by atoms with E-state index in [1.165, 1.54) is 13.4 Å². The lowest BCUT2D eigenvalue weighted by molar-refractivity contribution is -0.141. The molecule has 0 saturated heterocycles. The Morgan fingerprint density at radius 1 is 0.875 bits per heavy atom. The Labute approximate surface area is 235 Å². The van der Waals surface area contributed by atoms with Crippen LogP contribution in [0.3, 0.4) is 0 Å². The van der Waals surface area contributed by atoms with Crippen molar-refractivity contribution in [1.29, 1.82) is 0 Å². The second-order valence-corrected chi connectivity index (χ2v) is 10.3. The molecule has 4 aromatic rings. The molecule has 0 aliphatic heterocycles. The zero-order valence-corrected chi connectivity index (χ0v) is 23.2. The number of nitrogens with one attached hydrogen (secondary N) is 1. The molecule has 0 radical (unpaired) electrons. The van der Waals surface area contributed by atoms with Crippen LogP contribution in [0, 0.1) is 0 Å². The van der Waals surface area contributed by atoms with Gasteiger partial charge in [-0.1, -0.05) is 72.8 Å². The van der Waals surface area contributed by atoms with E-state index >= 15 is 0 Å². The van der Waals surface area contributed by atoms with Gasteiger partial charge < -0.3 is 14.8 Å². The van der Waals surface area contributed by atoms with Gasteiger partial charge in [-0.3, -0.25) is 4.90 Å². The molecule has 1 atom stereocenters. The number of ether oxygens (including phenoxy) is 2. The lowest BCUT2D eigenvalue weighted by Gasteiger charge is -2.27. The Morgan fingerprint density at radius 3 is 2.10 bits per heavy atom. The first-order chi connectivity index (χ1) is 19.2. The fraction of sp³-hybridized carbons (Fsp3) is 0.250. The van der Waals surface area contributed by atoms with Gasteiger partial charge in [0, 0.05) is 23.7 Å². The molecule has 1 unspecified atom stereocenters. The highest BCUT2D eigenvalue weighted by Crippen LogP contribution is 2.26. The van der Waals surface area contributed by atoms with E-state index in [1.54, 1.807) is 11.0 Å². The van der Waals surface area contributed by atoms with Gasteiger partial charge in [0.05, 0.1) is 19.3 Å². The van der Waals surface area contributed by atoms with Crippen molar-refractivity contribution in [2.24, 2.45) is 0 Å². The van der Waals surface area contributed by atoms with E-state index in [0.717, 1.165) is 16.7 Å². The van der Waals surface area contributed by atoms with E-state index in [4.69, 9.17) is 9.47 Å². The second-order valence-electron chi connectivity index (χ2n) is 10.3. The van der Waals surface area contributed by atoms with Crippen molar-refractivity contribution < 1.29 is 19.1 Å². The van der Waals surface area contributed by atoms with Crippen molar-refractivity contribution in [3.63, 3.8) is 0 Å². The van der Waals surface area contributed by atoms with Crippen molar-refractivity contribution >= 4 is 23.6 Å². The minimum absolute atomic E-state index is 0.368. The SMILES string of the molecule is COC(=O)C(Cc1ccccc1)Nc1cc(-c2ccc(N(Cc3ccccc3)C(=O)OC(C)(C)C)cc2)ncn1. The maximum absolute atomic E-state index is 13.1. The molecule has 8 heteroatoms. The topological polar surface area (TPSA) is 93.7 Å². The Bertz CT molecular complexity index is 1400. The number of carbonyl (C=O) groups excluding carboxylic acids is 2. The molecule has 1 heterocycles. The molecule has 8 nitrogen and oxygen atoms in total. The monoisotopic (exact) mass is 538 g/mol. The maximum Gasteiger partial charge on any atom is 0.415 e. The van der Waals surface area contributed by atoms with Gasteiger partial charge in [-0.05, 0) is 44.0 Å². The summed E-state index contributed by atoms with van der Waals surface area (Å²) in [5.74, 6) is 0.119. The molecule has 206 valence electrons. The van der Waals surface area contributed by atoms with Crippen molar-refractivity contribution in [2.75, 3.05) is 17.3 Å². The molecule has 0 bridgehead atoms. The summed E-state index contributed by atoms with van der Waals surface area (Å²) < 4.78 is 10.7. The zero-order valence-electron chi connectivity index (χ0n) is 23.2. The number of rotatable bonds is 9.